The second kappa shape index (κ2) is 12.4. The lowest BCUT2D eigenvalue weighted by molar-refractivity contribution is 0.0934. The third-order valence-electron chi connectivity index (χ3n) is 6.53. The Morgan fingerprint density at radius 1 is 1.00 bits per heavy atom. The molecule has 0 aliphatic carbocycles. The van der Waals surface area contributed by atoms with Crippen LogP contribution in [0.25, 0.3) is 5.69 Å². The molecule has 0 aliphatic rings. The Morgan fingerprint density at radius 2 is 1.67 bits per heavy atom. The van der Waals surface area contributed by atoms with Gasteiger partial charge in [-0.05, 0) is 53.8 Å². The molecule has 0 radical (unpaired) electrons. The molecule has 1 heterocycles. The van der Waals surface area contributed by atoms with Crippen LogP contribution in [0.4, 0.5) is 11.4 Å². The lowest BCUT2D eigenvalue weighted by Crippen LogP contribution is -2.26. The van der Waals surface area contributed by atoms with Crippen LogP contribution >= 0.6 is 11.6 Å². The maximum atomic E-state index is 13.4. The van der Waals surface area contributed by atoms with Crippen LogP contribution < -0.4 is 20.1 Å². The van der Waals surface area contributed by atoms with Gasteiger partial charge < -0.3 is 15.4 Å². The second-order valence-corrected chi connectivity index (χ2v) is 13.2. The number of hydrogen-bond acceptors (Lipinski definition) is 7. The summed E-state index contributed by atoms with van der Waals surface area (Å²) in [6.07, 6.45) is 2.46. The number of hydrogen-bond donors (Lipinski definition) is 3. The number of carbonyl (C=O) groups is 2. The standard InChI is InChI=1S/C30H33ClN6O5S/c1-18(19-10-8-7-9-11-19)32-29(39)25-17-37(36-34-25)26-14-20(12-13-22(26)31)28(38)33-23-15-21(30(2,3)4)16-24(27(23)42-5)35-43(6,40)41/h7-18,35H,1-6H3,(H,32,39)(H,33,38)/t18-/m1/s1. The number of nitrogens with zero attached hydrogens (tertiary/aromatic N) is 3. The smallest absolute Gasteiger partial charge is 0.273 e. The van der Waals surface area contributed by atoms with Crippen molar-refractivity contribution in [1.82, 2.24) is 20.3 Å². The zero-order valence-electron chi connectivity index (χ0n) is 24.6. The van der Waals surface area contributed by atoms with E-state index in [1.54, 1.807) is 12.1 Å². The van der Waals surface area contributed by atoms with E-state index in [4.69, 9.17) is 16.3 Å². The van der Waals surface area contributed by atoms with Crippen LogP contribution in [0.2, 0.25) is 5.02 Å². The lowest BCUT2D eigenvalue weighted by Gasteiger charge is -2.24. The average molecular weight is 625 g/mol. The molecule has 0 saturated carbocycles. The minimum Gasteiger partial charge on any atom is -0.492 e. The Balaban J connectivity index is 1.61. The van der Waals surface area contributed by atoms with E-state index in [1.165, 1.54) is 36.2 Å². The van der Waals surface area contributed by atoms with Crippen LogP contribution in [-0.2, 0) is 15.4 Å². The quantitative estimate of drug-likeness (QED) is 0.228. The Kier molecular flexibility index (Phi) is 9.12. The maximum absolute atomic E-state index is 13.4. The fraction of sp³-hybridized carbons (Fsp3) is 0.267. The topological polar surface area (TPSA) is 144 Å². The van der Waals surface area contributed by atoms with Crippen molar-refractivity contribution < 1.29 is 22.7 Å². The Morgan fingerprint density at radius 3 is 2.30 bits per heavy atom. The molecule has 0 saturated heterocycles. The molecule has 4 rings (SSSR count). The van der Waals surface area contributed by atoms with Crippen molar-refractivity contribution in [3.63, 3.8) is 0 Å². The first-order valence-electron chi connectivity index (χ1n) is 13.3. The van der Waals surface area contributed by atoms with Gasteiger partial charge in [-0.3, -0.25) is 14.3 Å². The first kappa shape index (κ1) is 31.5. The zero-order valence-corrected chi connectivity index (χ0v) is 26.2. The van der Waals surface area contributed by atoms with Crippen LogP contribution in [0.5, 0.6) is 5.75 Å². The van der Waals surface area contributed by atoms with Gasteiger partial charge in [0.25, 0.3) is 11.8 Å². The highest BCUT2D eigenvalue weighted by molar-refractivity contribution is 7.92. The molecule has 13 heteroatoms. The molecule has 1 aromatic heterocycles. The van der Waals surface area contributed by atoms with Gasteiger partial charge in [-0.25, -0.2) is 13.1 Å². The molecule has 11 nitrogen and oxygen atoms in total. The monoisotopic (exact) mass is 624 g/mol. The normalized spacial score (nSPS) is 12.3. The van der Waals surface area contributed by atoms with Gasteiger partial charge in [-0.2, -0.15) is 0 Å². The second-order valence-electron chi connectivity index (χ2n) is 11.0. The third kappa shape index (κ3) is 7.70. The summed E-state index contributed by atoms with van der Waals surface area (Å²) in [5.41, 5.74) is 2.42. The van der Waals surface area contributed by atoms with Crippen molar-refractivity contribution in [3.8, 4) is 11.4 Å². The number of anilines is 2. The molecular formula is C30H33ClN6O5S. The Hall–Kier alpha value is -4.42. The highest BCUT2D eigenvalue weighted by Crippen LogP contribution is 2.39. The van der Waals surface area contributed by atoms with Crippen molar-refractivity contribution in [2.75, 3.05) is 23.4 Å². The highest BCUT2D eigenvalue weighted by atomic mass is 35.5. The summed E-state index contributed by atoms with van der Waals surface area (Å²) in [6, 6.07) is 17.2. The van der Waals surface area contributed by atoms with E-state index in [9.17, 15) is 18.0 Å². The van der Waals surface area contributed by atoms with Gasteiger partial charge in [0.1, 0.15) is 0 Å². The van der Waals surface area contributed by atoms with E-state index in [0.717, 1.165) is 17.4 Å². The van der Waals surface area contributed by atoms with Crippen LogP contribution in [-0.4, -0.2) is 48.6 Å². The molecule has 4 aromatic rings. The molecule has 0 spiro atoms. The Bertz CT molecular complexity index is 1770. The Labute approximate surface area is 255 Å². The summed E-state index contributed by atoms with van der Waals surface area (Å²) in [5.74, 6) is -0.781. The zero-order chi connectivity index (χ0) is 31.5. The summed E-state index contributed by atoms with van der Waals surface area (Å²) in [5, 5.41) is 14.0. The van der Waals surface area contributed by atoms with Gasteiger partial charge in [-0.15, -0.1) is 5.10 Å². The molecule has 3 aromatic carbocycles. The van der Waals surface area contributed by atoms with Gasteiger partial charge in [0.15, 0.2) is 11.4 Å². The maximum Gasteiger partial charge on any atom is 0.273 e. The van der Waals surface area contributed by atoms with Crippen molar-refractivity contribution in [3.05, 3.63) is 94.3 Å². The van der Waals surface area contributed by atoms with Crippen LogP contribution in [0.1, 0.15) is 65.7 Å². The molecule has 0 fully saturated rings. The molecule has 3 N–H and O–H groups in total. The largest absolute Gasteiger partial charge is 0.492 e. The number of ether oxygens (including phenoxy) is 1. The summed E-state index contributed by atoms with van der Waals surface area (Å²) in [7, 11) is -2.25. The van der Waals surface area contributed by atoms with E-state index in [1.807, 2.05) is 58.0 Å². The van der Waals surface area contributed by atoms with E-state index in [2.05, 4.69) is 25.7 Å². The number of carbonyl (C=O) groups excluding carboxylic acids is 2. The van der Waals surface area contributed by atoms with Gasteiger partial charge in [0.05, 0.1) is 47.7 Å². The molecule has 43 heavy (non-hydrogen) atoms. The number of aromatic nitrogens is 3. The fourth-order valence-electron chi connectivity index (χ4n) is 4.26. The number of benzene rings is 3. The summed E-state index contributed by atoms with van der Waals surface area (Å²) in [6.45, 7) is 7.75. The SMILES string of the molecule is COc1c(NC(=O)c2ccc(Cl)c(-n3cc(C(=O)N[C@H](C)c4ccccc4)nn3)c2)cc(C(C)(C)C)cc1NS(C)(=O)=O. The van der Waals surface area contributed by atoms with Crippen LogP contribution in [0.15, 0.2) is 66.9 Å². The van der Waals surface area contributed by atoms with E-state index in [0.29, 0.717) is 5.69 Å². The molecule has 0 aliphatic heterocycles. The van der Waals surface area contributed by atoms with Crippen molar-refractivity contribution in [2.45, 2.75) is 39.2 Å². The summed E-state index contributed by atoms with van der Waals surface area (Å²) in [4.78, 5) is 26.3. The van der Waals surface area contributed by atoms with Gasteiger partial charge in [0.2, 0.25) is 10.0 Å². The average Bonchev–Trinajstić information content (AvgIpc) is 3.42. The molecule has 0 unspecified atom stereocenters. The number of nitrogens with one attached hydrogen (secondary N) is 3. The van der Waals surface area contributed by atoms with Gasteiger partial charge >= 0.3 is 0 Å². The first-order valence-corrected chi connectivity index (χ1v) is 15.5. The van der Waals surface area contributed by atoms with Crippen molar-refractivity contribution in [2.24, 2.45) is 0 Å². The number of methoxy groups -OCH3 is 1. The minimum absolute atomic E-state index is 0.0725. The van der Waals surface area contributed by atoms with Crippen LogP contribution in [0.3, 0.4) is 0 Å². The van der Waals surface area contributed by atoms with Crippen LogP contribution in [0, 0.1) is 0 Å². The highest BCUT2D eigenvalue weighted by Gasteiger charge is 2.23. The molecule has 0 bridgehead atoms. The minimum atomic E-state index is -3.64. The van der Waals surface area contributed by atoms with Crippen molar-refractivity contribution >= 4 is 44.8 Å². The lowest BCUT2D eigenvalue weighted by atomic mass is 9.86. The van der Waals surface area contributed by atoms with E-state index >= 15 is 0 Å². The fourth-order valence-corrected chi connectivity index (χ4v) is 5.01. The molecule has 1 atom stereocenters. The number of rotatable bonds is 9. The number of sulfonamides is 1. The van der Waals surface area contributed by atoms with E-state index in [-0.39, 0.29) is 44.9 Å². The summed E-state index contributed by atoms with van der Waals surface area (Å²) < 4.78 is 33.4. The number of halogens is 1. The van der Waals surface area contributed by atoms with Gasteiger partial charge in [-0.1, -0.05) is 67.9 Å². The van der Waals surface area contributed by atoms with E-state index < -0.39 is 21.8 Å². The number of amides is 2. The molecular weight excluding hydrogens is 592 g/mol. The predicted octanol–water partition coefficient (Wildman–Crippen LogP) is 5.34. The van der Waals surface area contributed by atoms with Gasteiger partial charge in [0, 0.05) is 5.56 Å². The summed E-state index contributed by atoms with van der Waals surface area (Å²) >= 11 is 6.44. The predicted molar refractivity (Wildman–Crippen MR) is 167 cm³/mol. The molecule has 2 amide bonds. The first-order chi connectivity index (χ1) is 20.2. The molecule has 226 valence electrons. The third-order valence-corrected chi connectivity index (χ3v) is 7.44. The van der Waals surface area contributed by atoms with Crippen molar-refractivity contribution in [1.29, 1.82) is 0 Å².